The Morgan fingerprint density at radius 2 is 1.97 bits per heavy atom. The van der Waals surface area contributed by atoms with E-state index < -0.39 is 35.8 Å². The molecule has 0 fully saturated rings. The molecular weight excluding hydrogens is 486 g/mol. The molecule has 2 amide bonds. The Morgan fingerprint density at radius 1 is 1.22 bits per heavy atom. The monoisotopic (exact) mass is 515 g/mol. The molecule has 6 N–H and O–H groups in total. The van der Waals surface area contributed by atoms with Gasteiger partial charge >= 0.3 is 5.97 Å². The lowest BCUT2D eigenvalue weighted by Crippen LogP contribution is -2.39. The molecule has 0 bridgehead atoms. The molecule has 36 heavy (non-hydrogen) atoms. The van der Waals surface area contributed by atoms with Crippen LogP contribution in [0.2, 0.25) is 5.02 Å². The van der Waals surface area contributed by atoms with E-state index in [1.807, 2.05) is 0 Å². The number of carboxylic acid groups (broad SMARTS) is 1. The van der Waals surface area contributed by atoms with Gasteiger partial charge in [0.05, 0.1) is 31.2 Å². The average Bonchev–Trinajstić information content (AvgIpc) is 3.31. The molecule has 1 aliphatic rings. The smallest absolute Gasteiger partial charge is 0.305 e. The predicted molar refractivity (Wildman–Crippen MR) is 137 cm³/mol. The molecule has 1 heterocycles. The minimum atomic E-state index is -1.22. The van der Waals surface area contributed by atoms with E-state index in [2.05, 4.69) is 26.3 Å². The number of aliphatic carboxylic acids is 1. The maximum atomic E-state index is 12.7. The number of carbonyl (C=O) groups excluding carboxylic acids is 2. The van der Waals surface area contributed by atoms with E-state index in [9.17, 15) is 24.6 Å². The van der Waals surface area contributed by atoms with Gasteiger partial charge in [-0.15, -0.1) is 0 Å². The summed E-state index contributed by atoms with van der Waals surface area (Å²) in [4.78, 5) is 41.1. The van der Waals surface area contributed by atoms with Gasteiger partial charge in [-0.25, -0.2) is 0 Å². The Labute approximate surface area is 214 Å². The Hall–Kier alpha value is -3.63. The lowest BCUT2D eigenvalue weighted by Gasteiger charge is -2.25. The quantitative estimate of drug-likeness (QED) is 0.299. The Balaban J connectivity index is 1.69. The van der Waals surface area contributed by atoms with Crippen molar-refractivity contribution in [1.29, 1.82) is 0 Å². The molecule has 3 rings (SSSR count). The van der Waals surface area contributed by atoms with Crippen LogP contribution in [-0.4, -0.2) is 53.6 Å². The molecule has 1 unspecified atom stereocenters. The van der Waals surface area contributed by atoms with E-state index in [0.29, 0.717) is 45.5 Å². The molecule has 0 saturated carbocycles. The van der Waals surface area contributed by atoms with E-state index in [0.717, 1.165) is 6.54 Å². The highest BCUT2D eigenvalue weighted by molar-refractivity contribution is 6.31. The zero-order valence-electron chi connectivity index (χ0n) is 20.3. The van der Waals surface area contributed by atoms with Crippen molar-refractivity contribution >= 4 is 41.0 Å². The first-order valence-electron chi connectivity index (χ1n) is 11.4. The summed E-state index contributed by atoms with van der Waals surface area (Å²) in [7, 11) is 0. The molecule has 0 saturated heterocycles. The summed E-state index contributed by atoms with van der Waals surface area (Å²) in [6, 6.07) is 9.07. The summed E-state index contributed by atoms with van der Waals surface area (Å²) in [5.41, 5.74) is 1.34. The van der Waals surface area contributed by atoms with Crippen molar-refractivity contribution in [3.63, 3.8) is 0 Å². The van der Waals surface area contributed by atoms with Gasteiger partial charge < -0.3 is 31.5 Å². The third-order valence-corrected chi connectivity index (χ3v) is 6.04. The fraction of sp³-hybridized carbons (Fsp3) is 0.360. The molecule has 0 aliphatic carbocycles. The number of hydrogen-bond acceptors (Lipinski definition) is 7. The lowest BCUT2D eigenvalue weighted by molar-refractivity contribution is -0.137. The number of benzene rings is 2. The molecular formula is C25H30ClN5O5. The van der Waals surface area contributed by atoms with Gasteiger partial charge in [0.15, 0.2) is 5.96 Å². The zero-order chi connectivity index (χ0) is 26.5. The van der Waals surface area contributed by atoms with Gasteiger partial charge in [-0.1, -0.05) is 23.7 Å². The van der Waals surface area contributed by atoms with Crippen molar-refractivity contribution in [3.8, 4) is 0 Å². The molecule has 1 aliphatic heterocycles. The van der Waals surface area contributed by atoms with Crippen LogP contribution in [0.4, 0.5) is 5.69 Å². The number of halogens is 1. The largest absolute Gasteiger partial charge is 0.481 e. The number of nitrogens with one attached hydrogen (secondary N) is 4. The molecule has 1 atom stereocenters. The van der Waals surface area contributed by atoms with Crippen molar-refractivity contribution in [3.05, 3.63) is 63.7 Å². The maximum Gasteiger partial charge on any atom is 0.305 e. The number of carboxylic acids is 1. The number of hydrogen-bond donors (Lipinski definition) is 6. The third kappa shape index (κ3) is 7.19. The number of nitrogens with zero attached hydrogens (tertiary/aromatic N) is 1. The highest BCUT2D eigenvalue weighted by Crippen LogP contribution is 2.32. The Kier molecular flexibility index (Phi) is 8.54. The first-order valence-corrected chi connectivity index (χ1v) is 11.8. The lowest BCUT2D eigenvalue weighted by atomic mass is 9.90. The van der Waals surface area contributed by atoms with Crippen LogP contribution in [0.1, 0.15) is 53.4 Å². The van der Waals surface area contributed by atoms with Crippen molar-refractivity contribution in [2.24, 2.45) is 4.99 Å². The number of rotatable bonds is 9. The van der Waals surface area contributed by atoms with Gasteiger partial charge in [0, 0.05) is 22.8 Å². The molecule has 0 spiro atoms. The first-order chi connectivity index (χ1) is 16.9. The van der Waals surface area contributed by atoms with E-state index in [1.165, 1.54) is 0 Å². The Morgan fingerprint density at radius 3 is 2.61 bits per heavy atom. The second kappa shape index (κ2) is 11.4. The highest BCUT2D eigenvalue weighted by atomic mass is 35.5. The highest BCUT2D eigenvalue weighted by Gasteiger charge is 2.25. The fourth-order valence-electron chi connectivity index (χ4n) is 3.69. The van der Waals surface area contributed by atoms with Gasteiger partial charge in [0.25, 0.3) is 5.91 Å². The summed E-state index contributed by atoms with van der Waals surface area (Å²) in [6.07, 6.45) is -0.405. The van der Waals surface area contributed by atoms with Gasteiger partial charge in [0.1, 0.15) is 0 Å². The summed E-state index contributed by atoms with van der Waals surface area (Å²) in [6.45, 7) is 5.93. The van der Waals surface area contributed by atoms with E-state index in [1.54, 1.807) is 57.2 Å². The summed E-state index contributed by atoms with van der Waals surface area (Å²) >= 11 is 6.33. The van der Waals surface area contributed by atoms with Crippen molar-refractivity contribution in [2.45, 2.75) is 38.8 Å². The topological polar surface area (TPSA) is 152 Å². The van der Waals surface area contributed by atoms with Crippen LogP contribution in [0, 0.1) is 6.92 Å². The van der Waals surface area contributed by atoms with Crippen LogP contribution in [0.25, 0.3) is 0 Å². The van der Waals surface area contributed by atoms with Crippen LogP contribution >= 0.6 is 11.6 Å². The second-order valence-corrected chi connectivity index (χ2v) is 9.40. The fourth-order valence-corrected chi connectivity index (χ4v) is 3.92. The van der Waals surface area contributed by atoms with Crippen LogP contribution in [-0.2, 0) is 15.2 Å². The molecule has 11 heteroatoms. The third-order valence-electron chi connectivity index (χ3n) is 5.65. The number of amides is 2. The van der Waals surface area contributed by atoms with Crippen LogP contribution in [0.3, 0.4) is 0 Å². The molecule has 10 nitrogen and oxygen atoms in total. The van der Waals surface area contributed by atoms with Crippen molar-refractivity contribution in [1.82, 2.24) is 16.0 Å². The summed E-state index contributed by atoms with van der Waals surface area (Å²) < 4.78 is 0. The number of aliphatic imine (C=N–C) groups is 1. The molecule has 0 aromatic heterocycles. The minimum Gasteiger partial charge on any atom is -0.481 e. The van der Waals surface area contributed by atoms with Gasteiger partial charge in [0.2, 0.25) is 5.91 Å². The Bertz CT molecular complexity index is 1190. The van der Waals surface area contributed by atoms with Gasteiger partial charge in [-0.05, 0) is 61.7 Å². The number of carbonyl (C=O) groups is 3. The molecule has 0 radical (unpaired) electrons. The van der Waals surface area contributed by atoms with E-state index >= 15 is 0 Å². The number of aliphatic hydroxyl groups is 1. The average molecular weight is 516 g/mol. The minimum absolute atomic E-state index is 0.342. The predicted octanol–water partition coefficient (Wildman–Crippen LogP) is 2.31. The first kappa shape index (κ1) is 27.0. The van der Waals surface area contributed by atoms with Crippen LogP contribution in [0.15, 0.2) is 41.4 Å². The van der Waals surface area contributed by atoms with Crippen LogP contribution in [0.5, 0.6) is 0 Å². The maximum absolute atomic E-state index is 12.7. The molecule has 2 aromatic carbocycles. The van der Waals surface area contributed by atoms with Crippen molar-refractivity contribution < 1.29 is 24.6 Å². The second-order valence-electron chi connectivity index (χ2n) is 8.99. The zero-order valence-corrected chi connectivity index (χ0v) is 21.1. The molecule has 2 aromatic rings. The normalized spacial score (nSPS) is 13.9. The van der Waals surface area contributed by atoms with Crippen LogP contribution < -0.4 is 21.3 Å². The number of guanidine groups is 1. The van der Waals surface area contributed by atoms with Gasteiger partial charge in [-0.2, -0.15) is 0 Å². The van der Waals surface area contributed by atoms with E-state index in [4.69, 9.17) is 11.6 Å². The molecule has 192 valence electrons. The summed E-state index contributed by atoms with van der Waals surface area (Å²) in [5.74, 6) is -1.54. The SMILES string of the molecule is Cc1c(Cl)cc(C(C)(C)O)cc1C(CC(=O)O)NC(=O)CNC(=O)c1cccc(NC2=NCCN2)c1. The standard InChI is InChI=1S/C25H30ClN5O5/c1-14-18(10-16(11-19(14)26)25(2,3)36)20(12-22(33)34)31-21(32)13-29-23(35)15-5-4-6-17(9-15)30-24-27-7-8-28-24/h4-6,9-11,20,36H,7-8,12-13H2,1-3H3,(H,29,35)(H,31,32)(H,33,34)(H2,27,28,30). The van der Waals surface area contributed by atoms with E-state index in [-0.39, 0.29) is 6.54 Å². The van der Waals surface area contributed by atoms with Gasteiger partial charge in [-0.3, -0.25) is 19.4 Å². The summed E-state index contributed by atoms with van der Waals surface area (Å²) in [5, 5.41) is 31.5. The number of anilines is 1. The van der Waals surface area contributed by atoms with Crippen molar-refractivity contribution in [2.75, 3.05) is 25.0 Å².